The molecule has 202 valence electrons. The van der Waals surface area contributed by atoms with Crippen LogP contribution in [0.1, 0.15) is 56.4 Å². The van der Waals surface area contributed by atoms with Gasteiger partial charge in [0.1, 0.15) is 24.1 Å². The second kappa shape index (κ2) is 13.1. The first kappa shape index (κ1) is 28.0. The van der Waals surface area contributed by atoms with E-state index in [4.69, 9.17) is 9.47 Å². The Labute approximate surface area is 218 Å². The van der Waals surface area contributed by atoms with E-state index in [2.05, 4.69) is 34.3 Å². The van der Waals surface area contributed by atoms with Crippen molar-refractivity contribution >= 4 is 17.8 Å². The van der Waals surface area contributed by atoms with E-state index in [0.29, 0.717) is 29.3 Å². The number of benzene rings is 1. The molecule has 1 aliphatic carbocycles. The largest absolute Gasteiger partial charge is 0.496 e. The number of ether oxygens (including phenoxy) is 3. The van der Waals surface area contributed by atoms with Crippen molar-refractivity contribution in [1.29, 1.82) is 0 Å². The molecule has 10 nitrogen and oxygen atoms in total. The maximum absolute atomic E-state index is 13.5. The standard InChI is InChI=1S/C27H38N4O6/c1-17(2)16-31-20(24-21(35-3)12-9-13-22(24)36-4)14-19(30-31)26(33)29-25(18-10-7-6-8-11-18)27(34)28-15-23(32)37-5/h9,12-14,17-18,25H,6-8,10-11,15-16H2,1-5H3,(H,28,34)(H,29,33)/t25-/m0/s1. The Morgan fingerprint density at radius 2 is 1.70 bits per heavy atom. The number of hydrogen-bond acceptors (Lipinski definition) is 7. The molecule has 2 N–H and O–H groups in total. The lowest BCUT2D eigenvalue weighted by Crippen LogP contribution is -2.52. The van der Waals surface area contributed by atoms with Crippen LogP contribution in [0.25, 0.3) is 11.3 Å². The summed E-state index contributed by atoms with van der Waals surface area (Å²) in [5, 5.41) is 10.1. The van der Waals surface area contributed by atoms with E-state index in [1.165, 1.54) is 7.11 Å². The summed E-state index contributed by atoms with van der Waals surface area (Å²) in [5.41, 5.74) is 1.56. The van der Waals surface area contributed by atoms with Gasteiger partial charge in [0.2, 0.25) is 5.91 Å². The Kier molecular flexibility index (Phi) is 9.93. The van der Waals surface area contributed by atoms with Crippen LogP contribution in [-0.2, 0) is 20.9 Å². The topological polar surface area (TPSA) is 121 Å². The third-order valence-electron chi connectivity index (χ3n) is 6.56. The van der Waals surface area contributed by atoms with Crippen LogP contribution < -0.4 is 20.1 Å². The average molecular weight is 515 g/mol. The first-order chi connectivity index (χ1) is 17.8. The minimum absolute atomic E-state index is 0.0260. The van der Waals surface area contributed by atoms with E-state index < -0.39 is 23.8 Å². The predicted octanol–water partition coefficient (Wildman–Crippen LogP) is 3.19. The fourth-order valence-electron chi connectivity index (χ4n) is 4.74. The van der Waals surface area contributed by atoms with E-state index >= 15 is 0 Å². The fourth-order valence-corrected chi connectivity index (χ4v) is 4.74. The Morgan fingerprint density at radius 1 is 1.05 bits per heavy atom. The molecule has 2 amide bonds. The second-order valence-electron chi connectivity index (χ2n) is 9.67. The molecular formula is C27H38N4O6. The zero-order valence-corrected chi connectivity index (χ0v) is 22.3. The lowest BCUT2D eigenvalue weighted by Gasteiger charge is -2.29. The fraction of sp³-hybridized carbons (Fsp3) is 0.556. The smallest absolute Gasteiger partial charge is 0.325 e. The molecular weight excluding hydrogens is 476 g/mol. The van der Waals surface area contributed by atoms with Gasteiger partial charge in [-0.2, -0.15) is 5.10 Å². The maximum atomic E-state index is 13.5. The molecule has 1 heterocycles. The van der Waals surface area contributed by atoms with Gasteiger partial charge in [-0.15, -0.1) is 0 Å². The molecule has 0 spiro atoms. The number of carbonyl (C=O) groups excluding carboxylic acids is 3. The van der Waals surface area contributed by atoms with E-state index in [9.17, 15) is 14.4 Å². The number of methoxy groups -OCH3 is 3. The van der Waals surface area contributed by atoms with Crippen LogP contribution in [0.5, 0.6) is 11.5 Å². The Balaban J connectivity index is 1.94. The van der Waals surface area contributed by atoms with Crippen LogP contribution in [0.3, 0.4) is 0 Å². The van der Waals surface area contributed by atoms with Crippen LogP contribution in [-0.4, -0.2) is 61.5 Å². The predicted molar refractivity (Wildman–Crippen MR) is 138 cm³/mol. The summed E-state index contributed by atoms with van der Waals surface area (Å²) < 4.78 is 17.6. The molecule has 1 saturated carbocycles. The summed E-state index contributed by atoms with van der Waals surface area (Å²) in [6.07, 6.45) is 4.72. The zero-order valence-electron chi connectivity index (χ0n) is 22.3. The number of aromatic nitrogens is 2. The monoisotopic (exact) mass is 514 g/mol. The zero-order chi connectivity index (χ0) is 26.9. The van der Waals surface area contributed by atoms with Crippen molar-refractivity contribution in [3.63, 3.8) is 0 Å². The molecule has 10 heteroatoms. The summed E-state index contributed by atoms with van der Waals surface area (Å²) in [7, 11) is 4.42. The molecule has 1 aromatic carbocycles. The molecule has 1 fully saturated rings. The van der Waals surface area contributed by atoms with Gasteiger partial charge in [0.15, 0.2) is 5.69 Å². The number of nitrogens with zero attached hydrogens (tertiary/aromatic N) is 2. The normalized spacial score (nSPS) is 14.6. The van der Waals surface area contributed by atoms with E-state index in [-0.39, 0.29) is 24.1 Å². The molecule has 1 aliphatic rings. The van der Waals surface area contributed by atoms with Gasteiger partial charge < -0.3 is 24.8 Å². The maximum Gasteiger partial charge on any atom is 0.325 e. The minimum Gasteiger partial charge on any atom is -0.496 e. The molecule has 3 rings (SSSR count). The molecule has 0 saturated heterocycles. The van der Waals surface area contributed by atoms with Crippen LogP contribution in [0, 0.1) is 11.8 Å². The third kappa shape index (κ3) is 7.02. The number of nitrogens with one attached hydrogen (secondary N) is 2. The van der Waals surface area contributed by atoms with Crippen molar-refractivity contribution < 1.29 is 28.6 Å². The van der Waals surface area contributed by atoms with Gasteiger partial charge in [-0.3, -0.25) is 19.1 Å². The lowest BCUT2D eigenvalue weighted by atomic mass is 9.83. The molecule has 2 aromatic rings. The molecule has 0 radical (unpaired) electrons. The van der Waals surface area contributed by atoms with Crippen LogP contribution >= 0.6 is 0 Å². The number of hydrogen-bond donors (Lipinski definition) is 2. The van der Waals surface area contributed by atoms with Crippen molar-refractivity contribution in [2.45, 2.75) is 58.5 Å². The van der Waals surface area contributed by atoms with E-state index in [1.54, 1.807) is 25.0 Å². The third-order valence-corrected chi connectivity index (χ3v) is 6.56. The van der Waals surface area contributed by atoms with Gasteiger partial charge in [-0.25, -0.2) is 0 Å². The van der Waals surface area contributed by atoms with Crippen LogP contribution in [0.4, 0.5) is 0 Å². The number of esters is 1. The van der Waals surface area contributed by atoms with Gasteiger partial charge in [-0.1, -0.05) is 39.2 Å². The highest BCUT2D eigenvalue weighted by Crippen LogP contribution is 2.39. The molecule has 1 aromatic heterocycles. The van der Waals surface area contributed by atoms with Crippen molar-refractivity contribution in [3.8, 4) is 22.8 Å². The molecule has 37 heavy (non-hydrogen) atoms. The lowest BCUT2D eigenvalue weighted by molar-refractivity contribution is -0.141. The number of rotatable bonds is 11. The first-order valence-corrected chi connectivity index (χ1v) is 12.7. The van der Waals surface area contributed by atoms with Crippen molar-refractivity contribution in [1.82, 2.24) is 20.4 Å². The van der Waals surface area contributed by atoms with Gasteiger partial charge in [0.05, 0.1) is 32.6 Å². The molecule has 0 aliphatic heterocycles. The minimum atomic E-state index is -0.781. The highest BCUT2D eigenvalue weighted by atomic mass is 16.5. The second-order valence-corrected chi connectivity index (χ2v) is 9.67. The van der Waals surface area contributed by atoms with Gasteiger partial charge >= 0.3 is 5.97 Å². The highest BCUT2D eigenvalue weighted by molar-refractivity contribution is 5.97. The van der Waals surface area contributed by atoms with Crippen LogP contribution in [0.15, 0.2) is 24.3 Å². The molecule has 1 atom stereocenters. The average Bonchev–Trinajstić information content (AvgIpc) is 3.32. The Morgan fingerprint density at radius 3 is 2.27 bits per heavy atom. The summed E-state index contributed by atoms with van der Waals surface area (Å²) in [6, 6.07) is 6.41. The Hall–Kier alpha value is -3.56. The van der Waals surface area contributed by atoms with Crippen LogP contribution in [0.2, 0.25) is 0 Å². The van der Waals surface area contributed by atoms with Gasteiger partial charge in [0.25, 0.3) is 5.91 Å². The highest BCUT2D eigenvalue weighted by Gasteiger charge is 2.32. The van der Waals surface area contributed by atoms with Crippen molar-refractivity contribution in [2.24, 2.45) is 11.8 Å². The van der Waals surface area contributed by atoms with Crippen molar-refractivity contribution in [3.05, 3.63) is 30.0 Å². The van der Waals surface area contributed by atoms with E-state index in [0.717, 1.165) is 32.1 Å². The summed E-state index contributed by atoms with van der Waals surface area (Å²) >= 11 is 0. The number of carbonyl (C=O) groups is 3. The first-order valence-electron chi connectivity index (χ1n) is 12.7. The van der Waals surface area contributed by atoms with Gasteiger partial charge in [-0.05, 0) is 42.9 Å². The van der Waals surface area contributed by atoms with Crippen molar-refractivity contribution in [2.75, 3.05) is 27.9 Å². The summed E-state index contributed by atoms with van der Waals surface area (Å²) in [6.45, 7) is 4.44. The SMILES string of the molecule is COC(=O)CNC(=O)[C@@H](NC(=O)c1cc(-c2c(OC)cccc2OC)n(CC(C)C)n1)C1CCCCC1. The summed E-state index contributed by atoms with van der Waals surface area (Å²) in [4.78, 5) is 38.1. The van der Waals surface area contributed by atoms with Gasteiger partial charge in [0, 0.05) is 6.54 Å². The number of amides is 2. The quantitative estimate of drug-likeness (QED) is 0.442. The Bertz CT molecular complexity index is 1070. The van der Waals surface area contributed by atoms with E-state index in [1.807, 2.05) is 18.2 Å². The molecule has 0 bridgehead atoms. The molecule has 0 unspecified atom stereocenters. The summed E-state index contributed by atoms with van der Waals surface area (Å²) in [5.74, 6) is 0.0124.